The van der Waals surface area contributed by atoms with E-state index in [-0.39, 0.29) is 6.04 Å². The molecule has 0 radical (unpaired) electrons. The number of rotatable bonds is 5. The third-order valence-corrected chi connectivity index (χ3v) is 3.84. The quantitative estimate of drug-likeness (QED) is 0.636. The highest BCUT2D eigenvalue weighted by Gasteiger charge is 2.23. The summed E-state index contributed by atoms with van der Waals surface area (Å²) in [5.74, 6) is 6.46. The Morgan fingerprint density at radius 2 is 2.16 bits per heavy atom. The number of hydrogen-bond donors (Lipinski definition) is 2. The van der Waals surface area contributed by atoms with Crippen molar-refractivity contribution in [1.29, 1.82) is 0 Å². The molecule has 0 fully saturated rings. The van der Waals surface area contributed by atoms with E-state index >= 15 is 0 Å². The van der Waals surface area contributed by atoms with Crippen LogP contribution < -0.4 is 20.7 Å². The van der Waals surface area contributed by atoms with E-state index in [2.05, 4.69) is 15.4 Å². The smallest absolute Gasteiger partial charge is 0.240 e. The van der Waals surface area contributed by atoms with Crippen molar-refractivity contribution in [2.75, 3.05) is 14.2 Å². The van der Waals surface area contributed by atoms with E-state index in [9.17, 15) is 0 Å². The number of nitrogens with one attached hydrogen (secondary N) is 1. The van der Waals surface area contributed by atoms with Crippen LogP contribution >= 0.6 is 11.3 Å². The summed E-state index contributed by atoms with van der Waals surface area (Å²) < 4.78 is 10.3. The number of nitrogens with two attached hydrogens (primary N) is 1. The van der Waals surface area contributed by atoms with E-state index in [0.717, 1.165) is 10.4 Å². The maximum atomic E-state index is 5.66. The average Bonchev–Trinajstić information content (AvgIpc) is 2.86. The lowest BCUT2D eigenvalue weighted by molar-refractivity contribution is 0.353. The first-order valence-corrected chi connectivity index (χ1v) is 6.54. The fourth-order valence-electron chi connectivity index (χ4n) is 1.77. The molecule has 2 aromatic heterocycles. The average molecular weight is 280 g/mol. The van der Waals surface area contributed by atoms with Crippen molar-refractivity contribution in [3.05, 3.63) is 33.8 Å². The molecule has 102 valence electrons. The molecule has 2 heterocycles. The second-order valence-electron chi connectivity index (χ2n) is 3.87. The van der Waals surface area contributed by atoms with Crippen LogP contribution in [-0.4, -0.2) is 24.2 Å². The van der Waals surface area contributed by atoms with Crippen molar-refractivity contribution >= 4 is 11.3 Å². The SMILES string of the molecule is COc1cnc(C(NN)c2sccc2C)c(OC)n1. The van der Waals surface area contributed by atoms with Gasteiger partial charge >= 0.3 is 0 Å². The molecule has 0 saturated heterocycles. The molecule has 0 spiro atoms. The van der Waals surface area contributed by atoms with Crippen molar-refractivity contribution in [2.24, 2.45) is 5.84 Å². The number of ether oxygens (including phenoxy) is 2. The van der Waals surface area contributed by atoms with Gasteiger partial charge in [0.2, 0.25) is 11.8 Å². The van der Waals surface area contributed by atoms with Gasteiger partial charge in [0, 0.05) is 4.88 Å². The summed E-state index contributed by atoms with van der Waals surface area (Å²) in [5, 5.41) is 2.01. The van der Waals surface area contributed by atoms with Crippen molar-refractivity contribution in [2.45, 2.75) is 13.0 Å². The lowest BCUT2D eigenvalue weighted by Gasteiger charge is -2.17. The number of methoxy groups -OCH3 is 2. The second-order valence-corrected chi connectivity index (χ2v) is 4.82. The predicted molar refractivity (Wildman–Crippen MR) is 73.4 cm³/mol. The number of thiophene rings is 1. The van der Waals surface area contributed by atoms with Gasteiger partial charge in [-0.2, -0.15) is 4.98 Å². The van der Waals surface area contributed by atoms with Gasteiger partial charge in [-0.15, -0.1) is 11.3 Å². The van der Waals surface area contributed by atoms with Gasteiger partial charge in [0.25, 0.3) is 0 Å². The van der Waals surface area contributed by atoms with Crippen molar-refractivity contribution in [3.8, 4) is 11.8 Å². The number of nitrogens with zero attached hydrogens (tertiary/aromatic N) is 2. The van der Waals surface area contributed by atoms with Gasteiger partial charge in [0.1, 0.15) is 11.7 Å². The molecule has 7 heteroatoms. The normalized spacial score (nSPS) is 12.2. The van der Waals surface area contributed by atoms with E-state index in [1.165, 1.54) is 7.11 Å². The molecule has 0 aromatic carbocycles. The zero-order valence-electron chi connectivity index (χ0n) is 11.0. The van der Waals surface area contributed by atoms with Crippen LogP contribution in [0.1, 0.15) is 22.2 Å². The summed E-state index contributed by atoms with van der Waals surface area (Å²) in [6, 6.07) is 1.78. The van der Waals surface area contributed by atoms with Gasteiger partial charge in [-0.3, -0.25) is 5.84 Å². The number of hydrogen-bond acceptors (Lipinski definition) is 7. The van der Waals surface area contributed by atoms with Crippen LogP contribution in [0.15, 0.2) is 17.6 Å². The Kier molecular flexibility index (Phi) is 4.31. The van der Waals surface area contributed by atoms with E-state index in [0.29, 0.717) is 17.5 Å². The zero-order chi connectivity index (χ0) is 13.8. The van der Waals surface area contributed by atoms with Crippen molar-refractivity contribution in [3.63, 3.8) is 0 Å². The molecule has 2 rings (SSSR count). The maximum absolute atomic E-state index is 5.66. The zero-order valence-corrected chi connectivity index (χ0v) is 11.8. The van der Waals surface area contributed by atoms with Crippen LogP contribution in [0.3, 0.4) is 0 Å². The van der Waals surface area contributed by atoms with Gasteiger partial charge in [0.05, 0.1) is 20.4 Å². The first kappa shape index (κ1) is 13.7. The van der Waals surface area contributed by atoms with E-state index in [4.69, 9.17) is 15.3 Å². The van der Waals surface area contributed by atoms with Gasteiger partial charge in [-0.05, 0) is 23.9 Å². The summed E-state index contributed by atoms with van der Waals surface area (Å²) in [5.41, 5.74) is 4.54. The minimum Gasteiger partial charge on any atom is -0.480 e. The molecule has 3 N–H and O–H groups in total. The largest absolute Gasteiger partial charge is 0.480 e. The first-order chi connectivity index (χ1) is 9.21. The molecule has 0 bridgehead atoms. The summed E-state index contributed by atoms with van der Waals surface area (Å²) in [7, 11) is 3.08. The van der Waals surface area contributed by atoms with Crippen LogP contribution in [0.4, 0.5) is 0 Å². The Bertz CT molecular complexity index is 558. The molecular formula is C12H16N4O2S. The van der Waals surface area contributed by atoms with Crippen LogP contribution in [0.25, 0.3) is 0 Å². The van der Waals surface area contributed by atoms with E-state index in [1.807, 2.05) is 18.4 Å². The minimum absolute atomic E-state index is 0.256. The molecule has 0 aliphatic carbocycles. The fourth-order valence-corrected chi connectivity index (χ4v) is 2.76. The maximum Gasteiger partial charge on any atom is 0.240 e. The first-order valence-electron chi connectivity index (χ1n) is 5.66. The molecular weight excluding hydrogens is 264 g/mol. The monoisotopic (exact) mass is 280 g/mol. The molecule has 0 aliphatic heterocycles. The van der Waals surface area contributed by atoms with E-state index < -0.39 is 0 Å². The molecule has 19 heavy (non-hydrogen) atoms. The van der Waals surface area contributed by atoms with Crippen LogP contribution in [0.5, 0.6) is 11.8 Å². The summed E-state index contributed by atoms with van der Waals surface area (Å²) in [4.78, 5) is 9.64. The Hall–Kier alpha value is -1.70. The van der Waals surface area contributed by atoms with Gasteiger partial charge in [-0.1, -0.05) is 0 Å². The Morgan fingerprint density at radius 1 is 1.37 bits per heavy atom. The highest BCUT2D eigenvalue weighted by Crippen LogP contribution is 2.32. The second kappa shape index (κ2) is 5.96. The third kappa shape index (κ3) is 2.67. The Morgan fingerprint density at radius 3 is 2.68 bits per heavy atom. The molecule has 6 nitrogen and oxygen atoms in total. The van der Waals surface area contributed by atoms with E-state index in [1.54, 1.807) is 24.6 Å². The molecule has 0 amide bonds. The number of hydrazine groups is 1. The summed E-state index contributed by atoms with van der Waals surface area (Å²) >= 11 is 1.61. The molecule has 1 unspecified atom stereocenters. The fraction of sp³-hybridized carbons (Fsp3) is 0.333. The summed E-state index contributed by atoms with van der Waals surface area (Å²) in [6.45, 7) is 2.03. The van der Waals surface area contributed by atoms with Crippen LogP contribution in [-0.2, 0) is 0 Å². The van der Waals surface area contributed by atoms with Crippen molar-refractivity contribution in [1.82, 2.24) is 15.4 Å². The third-order valence-electron chi connectivity index (χ3n) is 2.75. The molecule has 1 atom stereocenters. The highest BCUT2D eigenvalue weighted by molar-refractivity contribution is 7.10. The summed E-state index contributed by atoms with van der Waals surface area (Å²) in [6.07, 6.45) is 1.55. The predicted octanol–water partition coefficient (Wildman–Crippen LogP) is 1.42. The number of aromatic nitrogens is 2. The molecule has 2 aromatic rings. The number of aryl methyl sites for hydroxylation is 1. The Balaban J connectivity index is 2.46. The minimum atomic E-state index is -0.256. The standard InChI is InChI=1S/C12H16N4O2S/c1-7-4-5-19-11(7)9(16-13)10-12(18-3)15-8(17-2)6-14-10/h4-6,9,16H,13H2,1-3H3. The van der Waals surface area contributed by atoms with Crippen molar-refractivity contribution < 1.29 is 9.47 Å². The lowest BCUT2D eigenvalue weighted by Crippen LogP contribution is -2.30. The molecule has 0 aliphatic rings. The van der Waals surface area contributed by atoms with Crippen LogP contribution in [0.2, 0.25) is 0 Å². The van der Waals surface area contributed by atoms with Gasteiger partial charge < -0.3 is 9.47 Å². The van der Waals surface area contributed by atoms with Gasteiger partial charge in [0.15, 0.2) is 0 Å². The van der Waals surface area contributed by atoms with Crippen LogP contribution in [0, 0.1) is 6.92 Å². The lowest BCUT2D eigenvalue weighted by atomic mass is 10.1. The Labute approximate surface area is 115 Å². The highest BCUT2D eigenvalue weighted by atomic mass is 32.1. The van der Waals surface area contributed by atoms with Gasteiger partial charge in [-0.25, -0.2) is 10.4 Å². The topological polar surface area (TPSA) is 82.3 Å². The molecule has 0 saturated carbocycles.